The van der Waals surface area contributed by atoms with Gasteiger partial charge in [0.1, 0.15) is 5.82 Å². The fourth-order valence-electron chi connectivity index (χ4n) is 11.6. The number of para-hydroxylation sites is 3. The summed E-state index contributed by atoms with van der Waals surface area (Å²) in [5, 5.41) is 2.45. The van der Waals surface area contributed by atoms with Crippen LogP contribution in [0.3, 0.4) is 0 Å². The van der Waals surface area contributed by atoms with Crippen molar-refractivity contribution in [3.8, 4) is 84.6 Å². The van der Waals surface area contributed by atoms with Crippen molar-refractivity contribution in [3.05, 3.63) is 259 Å². The molecule has 15 rings (SSSR count). The first kappa shape index (κ1) is 39.9. The van der Waals surface area contributed by atoms with E-state index in [1.165, 1.54) is 64.7 Å². The van der Waals surface area contributed by atoms with Gasteiger partial charge in [0.15, 0.2) is 17.5 Å². The Balaban J connectivity index is 0.919. The first-order valence-corrected chi connectivity index (χ1v) is 24.9. The molecule has 1 spiro atoms. The summed E-state index contributed by atoms with van der Waals surface area (Å²) in [7, 11) is 0. The molecule has 0 N–H and O–H groups in total. The van der Waals surface area contributed by atoms with E-state index >= 15 is 0 Å². The molecule has 0 saturated carbocycles. The quantitative estimate of drug-likeness (QED) is 0.167. The Kier molecular flexibility index (Phi) is 8.68. The molecule has 13 aromatic rings. The van der Waals surface area contributed by atoms with Gasteiger partial charge in [0.2, 0.25) is 0 Å². The predicted molar refractivity (Wildman–Crippen MR) is 291 cm³/mol. The maximum absolute atomic E-state index is 5.35. The fourth-order valence-corrected chi connectivity index (χ4v) is 12.7. The molecule has 71 heavy (non-hydrogen) atoms. The summed E-state index contributed by atoms with van der Waals surface area (Å²) in [5.74, 6) is 2.83. The average molecular weight is 922 g/mol. The molecule has 0 saturated heterocycles. The molecule has 0 fully saturated rings. The highest BCUT2D eigenvalue weighted by Gasteiger charge is 2.52. The van der Waals surface area contributed by atoms with E-state index in [9.17, 15) is 0 Å². The van der Waals surface area contributed by atoms with Crippen LogP contribution in [0.4, 0.5) is 0 Å². The summed E-state index contributed by atoms with van der Waals surface area (Å²) < 4.78 is 4.79. The van der Waals surface area contributed by atoms with Crippen LogP contribution in [0.2, 0.25) is 0 Å². The standard InChI is InChI=1S/C65H39N5S/c1-3-16-40(17-4-1)61-67-62(43-32-35-60-52(37-43)51-24-9-14-29-59(51)71-60)69-63(68-61)44-31-34-50-49-33-30-42(38-55(49)65(56(50)39-44)53-25-10-7-22-47(53)48-23-8-11-26-54(48)65)41-18-15-19-45(36-41)64-66-57-27-12-13-28-58(57)70(64)46-20-5-2-6-21-46/h1-39H. The first-order valence-electron chi connectivity index (χ1n) is 24.0. The van der Waals surface area contributed by atoms with Crippen molar-refractivity contribution in [1.82, 2.24) is 24.5 Å². The van der Waals surface area contributed by atoms with E-state index in [2.05, 4.69) is 223 Å². The third-order valence-electron chi connectivity index (χ3n) is 14.7. The highest BCUT2D eigenvalue weighted by Crippen LogP contribution is 2.63. The van der Waals surface area contributed by atoms with Gasteiger partial charge in [-0.05, 0) is 122 Å². The van der Waals surface area contributed by atoms with Gasteiger partial charge in [0, 0.05) is 48.1 Å². The molecule has 2 aliphatic carbocycles. The number of nitrogens with zero attached hydrogens (tertiary/aromatic N) is 5. The zero-order chi connectivity index (χ0) is 46.6. The van der Waals surface area contributed by atoms with Crippen molar-refractivity contribution in [2.24, 2.45) is 0 Å². The second-order valence-electron chi connectivity index (χ2n) is 18.5. The number of benzene rings is 10. The number of hydrogen-bond acceptors (Lipinski definition) is 5. The Morgan fingerprint density at radius 3 is 1.61 bits per heavy atom. The van der Waals surface area contributed by atoms with Gasteiger partial charge in [-0.2, -0.15) is 0 Å². The fraction of sp³-hybridized carbons (Fsp3) is 0.0154. The number of rotatable bonds is 6. The highest BCUT2D eigenvalue weighted by atomic mass is 32.1. The summed E-state index contributed by atoms with van der Waals surface area (Å²) in [5.41, 5.74) is 18.7. The molecule has 5 nitrogen and oxygen atoms in total. The molecule has 3 aromatic heterocycles. The monoisotopic (exact) mass is 921 g/mol. The van der Waals surface area contributed by atoms with Gasteiger partial charge in [0.25, 0.3) is 0 Å². The topological polar surface area (TPSA) is 56.5 Å². The van der Waals surface area contributed by atoms with Gasteiger partial charge in [-0.1, -0.05) is 170 Å². The lowest BCUT2D eigenvalue weighted by Crippen LogP contribution is -2.26. The number of aromatic nitrogens is 5. The van der Waals surface area contributed by atoms with Gasteiger partial charge in [-0.25, -0.2) is 19.9 Å². The van der Waals surface area contributed by atoms with Crippen molar-refractivity contribution in [2.45, 2.75) is 5.41 Å². The minimum Gasteiger partial charge on any atom is -0.292 e. The van der Waals surface area contributed by atoms with Crippen molar-refractivity contribution < 1.29 is 0 Å². The third kappa shape index (κ3) is 5.98. The minimum atomic E-state index is -0.605. The van der Waals surface area contributed by atoms with Crippen LogP contribution in [0, 0.1) is 0 Å². The Hall–Kier alpha value is -9.10. The smallest absolute Gasteiger partial charge is 0.164 e. The number of thiophene rings is 1. The largest absolute Gasteiger partial charge is 0.292 e. The van der Waals surface area contributed by atoms with Crippen LogP contribution in [0.1, 0.15) is 22.3 Å². The molecule has 0 radical (unpaired) electrons. The lowest BCUT2D eigenvalue weighted by molar-refractivity contribution is 0.794. The van der Waals surface area contributed by atoms with E-state index in [0.717, 1.165) is 55.9 Å². The molecular weight excluding hydrogens is 883 g/mol. The third-order valence-corrected chi connectivity index (χ3v) is 15.8. The summed E-state index contributed by atoms with van der Waals surface area (Å²) in [4.78, 5) is 21.0. The summed E-state index contributed by atoms with van der Waals surface area (Å²) in [6.45, 7) is 0. The zero-order valence-electron chi connectivity index (χ0n) is 38.2. The molecule has 0 unspecified atom stereocenters. The van der Waals surface area contributed by atoms with Gasteiger partial charge < -0.3 is 0 Å². The molecule has 10 aromatic carbocycles. The van der Waals surface area contributed by atoms with Crippen LogP contribution < -0.4 is 0 Å². The lowest BCUT2D eigenvalue weighted by Gasteiger charge is -2.31. The molecule has 0 aliphatic heterocycles. The van der Waals surface area contributed by atoms with E-state index in [-0.39, 0.29) is 0 Å². The summed E-state index contributed by atoms with van der Waals surface area (Å²) >= 11 is 1.81. The second-order valence-corrected chi connectivity index (χ2v) is 19.6. The van der Waals surface area contributed by atoms with Crippen LogP contribution in [0.15, 0.2) is 237 Å². The maximum atomic E-state index is 5.35. The normalized spacial score (nSPS) is 12.9. The Morgan fingerprint density at radius 2 is 0.845 bits per heavy atom. The van der Waals surface area contributed by atoms with Crippen LogP contribution in [0.25, 0.3) is 116 Å². The molecule has 0 amide bonds. The lowest BCUT2D eigenvalue weighted by atomic mass is 9.70. The van der Waals surface area contributed by atoms with Gasteiger partial charge in [-0.15, -0.1) is 11.3 Å². The molecule has 0 atom stereocenters. The highest BCUT2D eigenvalue weighted by molar-refractivity contribution is 7.25. The Bertz CT molecular complexity index is 4260. The van der Waals surface area contributed by atoms with Crippen molar-refractivity contribution >= 4 is 42.5 Å². The number of fused-ring (bicyclic) bond motifs is 14. The van der Waals surface area contributed by atoms with Gasteiger partial charge in [0.05, 0.1) is 16.4 Å². The van der Waals surface area contributed by atoms with Crippen molar-refractivity contribution in [1.29, 1.82) is 0 Å². The molecule has 2 aliphatic rings. The number of imidazole rings is 1. The molecule has 0 bridgehead atoms. The first-order chi connectivity index (χ1) is 35.2. The summed E-state index contributed by atoms with van der Waals surface area (Å²) in [6.07, 6.45) is 0. The van der Waals surface area contributed by atoms with Gasteiger partial charge in [-0.3, -0.25) is 4.57 Å². The maximum Gasteiger partial charge on any atom is 0.164 e. The predicted octanol–water partition coefficient (Wildman–Crippen LogP) is 16.3. The minimum absolute atomic E-state index is 0.605. The molecule has 6 heteroatoms. The van der Waals surface area contributed by atoms with Crippen LogP contribution in [-0.4, -0.2) is 24.5 Å². The molecule has 3 heterocycles. The Morgan fingerprint density at radius 1 is 0.324 bits per heavy atom. The second kappa shape index (κ2) is 15.5. The van der Waals surface area contributed by atoms with E-state index < -0.39 is 5.41 Å². The number of hydrogen-bond donors (Lipinski definition) is 0. The van der Waals surface area contributed by atoms with Crippen molar-refractivity contribution in [3.63, 3.8) is 0 Å². The SMILES string of the molecule is c1ccc(-c2nc(-c3ccc4c(c3)C3(c5ccccc5-c5ccccc53)c3cc(-c5cccc(-c6nc7ccccc7n6-c6ccccc6)c5)ccc3-4)nc(-c3ccc4sc5ccccc5c4c3)n2)cc1. The van der Waals surface area contributed by atoms with Gasteiger partial charge >= 0.3 is 0 Å². The summed E-state index contributed by atoms with van der Waals surface area (Å²) in [6, 6.07) is 85.2. The van der Waals surface area contributed by atoms with Crippen molar-refractivity contribution in [2.75, 3.05) is 0 Å². The van der Waals surface area contributed by atoms with E-state index in [1.54, 1.807) is 0 Å². The molecular formula is C65H39N5S. The molecule has 330 valence electrons. The van der Waals surface area contributed by atoms with E-state index in [0.29, 0.717) is 17.5 Å². The van der Waals surface area contributed by atoms with E-state index in [4.69, 9.17) is 19.9 Å². The van der Waals surface area contributed by atoms with Crippen LogP contribution >= 0.6 is 11.3 Å². The average Bonchev–Trinajstić information content (AvgIpc) is 4.18. The van der Waals surface area contributed by atoms with E-state index in [1.807, 2.05) is 29.5 Å². The Labute approximate surface area is 413 Å². The van der Waals surface area contributed by atoms with Crippen LogP contribution in [-0.2, 0) is 5.41 Å². The zero-order valence-corrected chi connectivity index (χ0v) is 39.0. The van der Waals surface area contributed by atoms with Crippen LogP contribution in [0.5, 0.6) is 0 Å².